The molecule has 1 aromatic rings. The van der Waals surface area contributed by atoms with Crippen LogP contribution in [-0.2, 0) is 14.3 Å². The fourth-order valence-corrected chi connectivity index (χ4v) is 3.09. The quantitative estimate of drug-likeness (QED) is 0.311. The van der Waals surface area contributed by atoms with Gasteiger partial charge >= 0.3 is 11.7 Å². The summed E-state index contributed by atoms with van der Waals surface area (Å²) in [4.78, 5) is 47.4. The van der Waals surface area contributed by atoms with Crippen molar-refractivity contribution in [2.75, 3.05) is 13.7 Å². The largest absolute Gasteiger partial charge is 0.500 e. The first-order valence-corrected chi connectivity index (χ1v) is 8.99. The van der Waals surface area contributed by atoms with Crippen molar-refractivity contribution in [3.05, 3.63) is 32.7 Å². The molecule has 11 heteroatoms. The van der Waals surface area contributed by atoms with E-state index in [0.717, 1.165) is 11.0 Å². The minimum atomic E-state index is -0.800. The number of phenols is 1. The minimum absolute atomic E-state index is 0.0246. The highest BCUT2D eigenvalue weighted by Crippen LogP contribution is 2.39. The number of nitro benzene ring substituents is 1. The highest BCUT2D eigenvalue weighted by atomic mass is 32.2. The van der Waals surface area contributed by atoms with E-state index < -0.39 is 40.0 Å². The maximum Gasteiger partial charge on any atom is 0.326 e. The van der Waals surface area contributed by atoms with E-state index in [1.165, 1.54) is 19.3 Å². The lowest BCUT2D eigenvalue weighted by Crippen LogP contribution is -2.35. The van der Waals surface area contributed by atoms with Crippen LogP contribution in [0.25, 0.3) is 6.08 Å². The van der Waals surface area contributed by atoms with Gasteiger partial charge in [-0.1, -0.05) is 6.92 Å². The van der Waals surface area contributed by atoms with E-state index in [1.54, 1.807) is 6.92 Å². The maximum absolute atomic E-state index is 12.4. The van der Waals surface area contributed by atoms with E-state index in [9.17, 15) is 29.6 Å². The Hall–Kier alpha value is -3.08. The molecule has 0 spiro atoms. The topological polar surface area (TPSA) is 136 Å². The fourth-order valence-electron chi connectivity index (χ4n) is 2.25. The molecular weight excluding hydrogens is 392 g/mol. The number of imide groups is 1. The van der Waals surface area contributed by atoms with Gasteiger partial charge in [-0.15, -0.1) is 0 Å². The van der Waals surface area contributed by atoms with Crippen LogP contribution in [0.4, 0.5) is 10.5 Å². The maximum atomic E-state index is 12.4. The molecular formula is C17H18N2O8S. The molecule has 0 bridgehead atoms. The summed E-state index contributed by atoms with van der Waals surface area (Å²) in [5, 5.41) is 20.2. The average Bonchev–Trinajstić information content (AvgIpc) is 2.89. The van der Waals surface area contributed by atoms with Gasteiger partial charge in [-0.3, -0.25) is 29.4 Å². The number of rotatable bonds is 7. The number of esters is 1. The number of thioether (sulfide) groups is 1. The van der Waals surface area contributed by atoms with E-state index >= 15 is 0 Å². The van der Waals surface area contributed by atoms with E-state index in [4.69, 9.17) is 9.47 Å². The average molecular weight is 410 g/mol. The Balaban J connectivity index is 2.27. The zero-order valence-corrected chi connectivity index (χ0v) is 16.1. The van der Waals surface area contributed by atoms with Crippen LogP contribution in [0.5, 0.6) is 11.5 Å². The van der Waals surface area contributed by atoms with Crippen molar-refractivity contribution in [2.45, 2.75) is 26.4 Å². The molecule has 0 radical (unpaired) electrons. The lowest BCUT2D eigenvalue weighted by Gasteiger charge is -2.14. The van der Waals surface area contributed by atoms with Crippen LogP contribution >= 0.6 is 11.8 Å². The molecule has 1 saturated heterocycles. The van der Waals surface area contributed by atoms with Crippen LogP contribution in [0, 0.1) is 10.1 Å². The fraction of sp³-hybridized carbons (Fsp3) is 0.353. The molecule has 28 heavy (non-hydrogen) atoms. The number of benzene rings is 1. The number of amides is 2. The molecule has 1 N–H and O–H groups in total. The summed E-state index contributed by atoms with van der Waals surface area (Å²) in [5.41, 5.74) is -0.434. The van der Waals surface area contributed by atoms with Gasteiger partial charge < -0.3 is 14.6 Å². The Morgan fingerprint density at radius 2 is 2.11 bits per heavy atom. The van der Waals surface area contributed by atoms with Gasteiger partial charge in [-0.05, 0) is 42.8 Å². The van der Waals surface area contributed by atoms with Gasteiger partial charge in [-0.2, -0.15) is 0 Å². The summed E-state index contributed by atoms with van der Waals surface area (Å²) in [5.74, 6) is -2.23. The Kier molecular flexibility index (Phi) is 6.62. The molecule has 150 valence electrons. The normalized spacial score (nSPS) is 16.4. The Labute approximate surface area is 164 Å². The predicted molar refractivity (Wildman–Crippen MR) is 99.8 cm³/mol. The molecule has 1 fully saturated rings. The number of ether oxygens (including phenoxy) is 2. The molecule has 2 rings (SSSR count). The SMILES string of the molecule is CC[C@H](C)OC(=O)CN1C(=O)S/C(=C/c2cc(OC)c(O)c([N+](=O)[O-])c2)C1=O. The molecule has 1 aliphatic rings. The zero-order chi connectivity index (χ0) is 21.0. The molecule has 1 heterocycles. The van der Waals surface area contributed by atoms with Gasteiger partial charge in [0.15, 0.2) is 5.75 Å². The number of nitrogens with zero attached hydrogens (tertiary/aromatic N) is 2. The number of carbonyl (C=O) groups is 3. The standard InChI is InChI=1S/C17H18N2O8S/c1-4-9(2)27-14(20)8-18-16(22)13(28-17(18)23)7-10-5-11(19(24)25)15(21)12(6-10)26-3/h5-7,9,21H,4,8H2,1-3H3/b13-7+/t9-/m0/s1. The molecule has 0 saturated carbocycles. The number of hydrogen-bond donors (Lipinski definition) is 1. The number of nitro groups is 1. The molecule has 1 aliphatic heterocycles. The van der Waals surface area contributed by atoms with Crippen molar-refractivity contribution in [3.8, 4) is 11.5 Å². The van der Waals surface area contributed by atoms with E-state index in [2.05, 4.69) is 0 Å². The van der Waals surface area contributed by atoms with E-state index in [0.29, 0.717) is 18.2 Å². The number of phenolic OH excluding ortho intramolecular Hbond substituents is 1. The van der Waals surface area contributed by atoms with Gasteiger partial charge in [0, 0.05) is 6.07 Å². The molecule has 0 aliphatic carbocycles. The third-order valence-corrected chi connectivity index (χ3v) is 4.77. The van der Waals surface area contributed by atoms with Crippen LogP contribution < -0.4 is 4.74 Å². The van der Waals surface area contributed by atoms with Crippen molar-refractivity contribution in [2.24, 2.45) is 0 Å². The smallest absolute Gasteiger partial charge is 0.326 e. The molecule has 1 aromatic carbocycles. The lowest BCUT2D eigenvalue weighted by molar-refractivity contribution is -0.386. The van der Waals surface area contributed by atoms with Gasteiger partial charge in [0.25, 0.3) is 11.1 Å². The summed E-state index contributed by atoms with van der Waals surface area (Å²) >= 11 is 0.593. The molecule has 2 amide bonds. The summed E-state index contributed by atoms with van der Waals surface area (Å²) in [6.45, 7) is 2.99. The molecule has 1 atom stereocenters. The van der Waals surface area contributed by atoms with Crippen molar-refractivity contribution in [3.63, 3.8) is 0 Å². The molecule has 10 nitrogen and oxygen atoms in total. The van der Waals surface area contributed by atoms with Crippen LogP contribution in [0.15, 0.2) is 17.0 Å². The Morgan fingerprint density at radius 3 is 2.68 bits per heavy atom. The summed E-state index contributed by atoms with van der Waals surface area (Å²) in [6, 6.07) is 2.33. The van der Waals surface area contributed by atoms with Crippen molar-refractivity contribution >= 4 is 40.6 Å². The minimum Gasteiger partial charge on any atom is -0.500 e. The third-order valence-electron chi connectivity index (χ3n) is 3.86. The number of aromatic hydroxyl groups is 1. The second kappa shape index (κ2) is 8.74. The van der Waals surface area contributed by atoms with Crippen molar-refractivity contribution < 1.29 is 33.9 Å². The second-order valence-electron chi connectivity index (χ2n) is 5.82. The van der Waals surface area contributed by atoms with Crippen molar-refractivity contribution in [1.82, 2.24) is 4.90 Å². The highest BCUT2D eigenvalue weighted by molar-refractivity contribution is 8.18. The molecule has 0 unspecified atom stereocenters. The van der Waals surface area contributed by atoms with E-state index in [1.807, 2.05) is 6.92 Å². The third kappa shape index (κ3) is 4.60. The first-order valence-electron chi connectivity index (χ1n) is 8.18. The number of methoxy groups -OCH3 is 1. The van der Waals surface area contributed by atoms with Crippen LogP contribution in [0.2, 0.25) is 0 Å². The lowest BCUT2D eigenvalue weighted by atomic mass is 10.1. The van der Waals surface area contributed by atoms with Gasteiger partial charge in [0.1, 0.15) is 6.54 Å². The predicted octanol–water partition coefficient (Wildman–Crippen LogP) is 2.69. The van der Waals surface area contributed by atoms with E-state index in [-0.39, 0.29) is 22.3 Å². The van der Waals surface area contributed by atoms with Gasteiger partial charge in [0.2, 0.25) is 5.75 Å². The van der Waals surface area contributed by atoms with Crippen LogP contribution in [-0.4, -0.2) is 51.8 Å². The second-order valence-corrected chi connectivity index (χ2v) is 6.82. The highest BCUT2D eigenvalue weighted by Gasteiger charge is 2.37. The number of carbonyl (C=O) groups excluding carboxylic acids is 3. The summed E-state index contributed by atoms with van der Waals surface area (Å²) in [6.07, 6.45) is 1.50. The molecule has 0 aromatic heterocycles. The monoisotopic (exact) mass is 410 g/mol. The zero-order valence-electron chi connectivity index (χ0n) is 15.3. The first kappa shape index (κ1) is 21.2. The van der Waals surface area contributed by atoms with Gasteiger partial charge in [0.05, 0.1) is 23.0 Å². The summed E-state index contributed by atoms with van der Waals surface area (Å²) in [7, 11) is 1.22. The Bertz CT molecular complexity index is 867. The Morgan fingerprint density at radius 1 is 1.43 bits per heavy atom. The van der Waals surface area contributed by atoms with Crippen molar-refractivity contribution in [1.29, 1.82) is 0 Å². The first-order chi connectivity index (χ1) is 13.2. The van der Waals surface area contributed by atoms with Crippen LogP contribution in [0.1, 0.15) is 25.8 Å². The summed E-state index contributed by atoms with van der Waals surface area (Å²) < 4.78 is 9.96. The van der Waals surface area contributed by atoms with Crippen LogP contribution in [0.3, 0.4) is 0 Å². The number of hydrogen-bond acceptors (Lipinski definition) is 9. The van der Waals surface area contributed by atoms with Gasteiger partial charge in [-0.25, -0.2) is 0 Å².